The summed E-state index contributed by atoms with van der Waals surface area (Å²) in [4.78, 5) is 41.2. The standard InChI is InChI=1S/C26H30N4O3/c27-17-26(20-7-2-1-3-8-20)11-13-29(14-12-26)15-18-5-4-6-19-16-30(25(33)23(18)19)21-9-10-22(31)28-24(21)32/h1-8,21H,9-17,27H2,(H,28,31,32). The molecule has 2 saturated heterocycles. The molecular formula is C26H30N4O3. The zero-order chi connectivity index (χ0) is 23.0. The molecule has 0 aromatic heterocycles. The molecule has 3 aliphatic heterocycles. The van der Waals surface area contributed by atoms with Gasteiger partial charge in [0, 0.05) is 37.0 Å². The predicted octanol–water partition coefficient (Wildman–Crippen LogP) is 1.94. The minimum atomic E-state index is -0.582. The van der Waals surface area contributed by atoms with E-state index in [-0.39, 0.29) is 29.6 Å². The van der Waals surface area contributed by atoms with Crippen molar-refractivity contribution in [3.63, 3.8) is 0 Å². The molecule has 3 amide bonds. The highest BCUT2D eigenvalue weighted by Gasteiger charge is 2.40. The third-order valence-electron chi connectivity index (χ3n) is 7.62. The maximum Gasteiger partial charge on any atom is 0.255 e. The number of nitrogens with zero attached hydrogens (tertiary/aromatic N) is 2. The lowest BCUT2D eigenvalue weighted by Crippen LogP contribution is -2.52. The Hall–Kier alpha value is -3.03. The van der Waals surface area contributed by atoms with Crippen LogP contribution >= 0.6 is 0 Å². The second-order valence-corrected chi connectivity index (χ2v) is 9.48. The number of rotatable bonds is 5. The van der Waals surface area contributed by atoms with E-state index in [1.807, 2.05) is 24.3 Å². The number of hydrogen-bond acceptors (Lipinski definition) is 5. The zero-order valence-corrected chi connectivity index (χ0v) is 18.8. The first-order chi connectivity index (χ1) is 16.0. The van der Waals surface area contributed by atoms with E-state index < -0.39 is 6.04 Å². The van der Waals surface area contributed by atoms with E-state index in [4.69, 9.17) is 5.73 Å². The van der Waals surface area contributed by atoms with Crippen molar-refractivity contribution in [2.45, 2.75) is 50.2 Å². The van der Waals surface area contributed by atoms with Crippen LogP contribution in [0.15, 0.2) is 48.5 Å². The van der Waals surface area contributed by atoms with E-state index in [1.54, 1.807) is 4.90 Å². The molecule has 0 radical (unpaired) electrons. The smallest absolute Gasteiger partial charge is 0.255 e. The molecule has 33 heavy (non-hydrogen) atoms. The van der Waals surface area contributed by atoms with E-state index in [0.717, 1.165) is 42.6 Å². The van der Waals surface area contributed by atoms with Gasteiger partial charge < -0.3 is 10.6 Å². The first-order valence-corrected chi connectivity index (χ1v) is 11.7. The van der Waals surface area contributed by atoms with Gasteiger partial charge in [0.15, 0.2) is 0 Å². The molecule has 2 fully saturated rings. The molecule has 3 heterocycles. The number of imide groups is 1. The highest BCUT2D eigenvalue weighted by molar-refractivity contribution is 6.06. The molecular weight excluding hydrogens is 416 g/mol. The molecule has 0 spiro atoms. The lowest BCUT2D eigenvalue weighted by atomic mass is 9.73. The Morgan fingerprint density at radius 3 is 2.45 bits per heavy atom. The molecule has 1 unspecified atom stereocenters. The average molecular weight is 447 g/mol. The summed E-state index contributed by atoms with van der Waals surface area (Å²) in [6, 6.07) is 15.9. The Labute approximate surface area is 193 Å². The Morgan fingerprint density at radius 2 is 1.76 bits per heavy atom. The lowest BCUT2D eigenvalue weighted by Gasteiger charge is -2.41. The van der Waals surface area contributed by atoms with Crippen molar-refractivity contribution in [2.24, 2.45) is 5.73 Å². The van der Waals surface area contributed by atoms with Gasteiger partial charge in [-0.05, 0) is 49.0 Å². The Kier molecular flexibility index (Phi) is 5.76. The van der Waals surface area contributed by atoms with Gasteiger partial charge in [0.25, 0.3) is 5.91 Å². The minimum Gasteiger partial charge on any atom is -0.330 e. The molecule has 0 aliphatic carbocycles. The van der Waals surface area contributed by atoms with Gasteiger partial charge in [0.05, 0.1) is 0 Å². The van der Waals surface area contributed by atoms with Crippen LogP contribution in [0, 0.1) is 0 Å². The van der Waals surface area contributed by atoms with Crippen LogP contribution in [0.25, 0.3) is 0 Å². The first kappa shape index (κ1) is 21.8. The van der Waals surface area contributed by atoms with Crippen molar-refractivity contribution in [1.29, 1.82) is 0 Å². The number of nitrogens with one attached hydrogen (secondary N) is 1. The van der Waals surface area contributed by atoms with Crippen LogP contribution in [-0.2, 0) is 28.1 Å². The summed E-state index contributed by atoms with van der Waals surface area (Å²) in [5.41, 5.74) is 10.2. The molecule has 0 bridgehead atoms. The highest BCUT2D eigenvalue weighted by Crippen LogP contribution is 2.36. The zero-order valence-electron chi connectivity index (χ0n) is 18.8. The average Bonchev–Trinajstić information content (AvgIpc) is 3.17. The van der Waals surface area contributed by atoms with E-state index in [2.05, 4.69) is 34.5 Å². The van der Waals surface area contributed by atoms with Gasteiger partial charge in [-0.2, -0.15) is 0 Å². The second kappa shape index (κ2) is 8.72. The van der Waals surface area contributed by atoms with Gasteiger partial charge in [-0.1, -0.05) is 48.5 Å². The number of fused-ring (bicyclic) bond motifs is 1. The van der Waals surface area contributed by atoms with E-state index in [1.165, 1.54) is 5.56 Å². The Bertz CT molecular complexity index is 1080. The molecule has 5 rings (SSSR count). The van der Waals surface area contributed by atoms with Gasteiger partial charge in [-0.25, -0.2) is 0 Å². The van der Waals surface area contributed by atoms with Crippen molar-refractivity contribution in [3.05, 3.63) is 70.8 Å². The molecule has 2 aromatic carbocycles. The Morgan fingerprint density at radius 1 is 1.00 bits per heavy atom. The summed E-state index contributed by atoms with van der Waals surface area (Å²) < 4.78 is 0. The maximum atomic E-state index is 13.3. The van der Waals surface area contributed by atoms with Gasteiger partial charge in [0.1, 0.15) is 6.04 Å². The highest BCUT2D eigenvalue weighted by atomic mass is 16.2. The largest absolute Gasteiger partial charge is 0.330 e. The summed E-state index contributed by atoms with van der Waals surface area (Å²) in [7, 11) is 0. The van der Waals surface area contributed by atoms with E-state index in [0.29, 0.717) is 26.1 Å². The predicted molar refractivity (Wildman–Crippen MR) is 124 cm³/mol. The summed E-state index contributed by atoms with van der Waals surface area (Å²) in [6.45, 7) is 3.58. The van der Waals surface area contributed by atoms with Crippen LogP contribution in [0.2, 0.25) is 0 Å². The lowest BCUT2D eigenvalue weighted by molar-refractivity contribution is -0.136. The van der Waals surface area contributed by atoms with Crippen molar-refractivity contribution < 1.29 is 14.4 Å². The molecule has 3 N–H and O–H groups in total. The van der Waals surface area contributed by atoms with Crippen LogP contribution in [0.5, 0.6) is 0 Å². The third kappa shape index (κ3) is 3.96. The van der Waals surface area contributed by atoms with Crippen LogP contribution in [0.1, 0.15) is 52.7 Å². The molecule has 1 atom stereocenters. The quantitative estimate of drug-likeness (QED) is 0.685. The first-order valence-electron chi connectivity index (χ1n) is 11.7. The number of amides is 3. The van der Waals surface area contributed by atoms with Crippen molar-refractivity contribution in [2.75, 3.05) is 19.6 Å². The number of carbonyl (C=O) groups is 3. The number of nitrogens with two attached hydrogens (primary N) is 1. The maximum absolute atomic E-state index is 13.3. The molecule has 7 nitrogen and oxygen atoms in total. The minimum absolute atomic E-state index is 0.00872. The van der Waals surface area contributed by atoms with Crippen molar-refractivity contribution in [3.8, 4) is 0 Å². The SMILES string of the molecule is NCC1(c2ccccc2)CCN(Cc2cccc3c2C(=O)N(C2CCC(=O)NC2=O)C3)CC1. The number of carbonyl (C=O) groups excluding carboxylic acids is 3. The summed E-state index contributed by atoms with van der Waals surface area (Å²) in [5, 5.41) is 2.37. The molecule has 7 heteroatoms. The van der Waals surface area contributed by atoms with Gasteiger partial charge in [-0.3, -0.25) is 24.6 Å². The molecule has 172 valence electrons. The van der Waals surface area contributed by atoms with Gasteiger partial charge in [0.2, 0.25) is 11.8 Å². The van der Waals surface area contributed by atoms with Crippen molar-refractivity contribution >= 4 is 17.7 Å². The number of benzene rings is 2. The van der Waals surface area contributed by atoms with Gasteiger partial charge in [-0.15, -0.1) is 0 Å². The summed E-state index contributed by atoms with van der Waals surface area (Å²) in [6.07, 6.45) is 2.62. The molecule has 2 aromatic rings. The van der Waals surface area contributed by atoms with E-state index in [9.17, 15) is 14.4 Å². The fourth-order valence-electron chi connectivity index (χ4n) is 5.60. The summed E-state index contributed by atoms with van der Waals surface area (Å²) >= 11 is 0. The fourth-order valence-corrected chi connectivity index (χ4v) is 5.60. The topological polar surface area (TPSA) is 95.7 Å². The summed E-state index contributed by atoms with van der Waals surface area (Å²) in [5.74, 6) is -0.744. The van der Waals surface area contributed by atoms with Crippen molar-refractivity contribution in [1.82, 2.24) is 15.1 Å². The van der Waals surface area contributed by atoms with Crippen LogP contribution < -0.4 is 11.1 Å². The molecule has 0 saturated carbocycles. The van der Waals surface area contributed by atoms with Crippen LogP contribution in [0.3, 0.4) is 0 Å². The van der Waals surface area contributed by atoms with Gasteiger partial charge >= 0.3 is 0 Å². The Balaban J connectivity index is 1.30. The molecule has 3 aliphatic rings. The monoisotopic (exact) mass is 446 g/mol. The second-order valence-electron chi connectivity index (χ2n) is 9.48. The number of likely N-dealkylation sites (tertiary alicyclic amines) is 1. The van der Waals surface area contributed by atoms with E-state index >= 15 is 0 Å². The third-order valence-corrected chi connectivity index (χ3v) is 7.62. The van der Waals surface area contributed by atoms with Crippen LogP contribution in [0.4, 0.5) is 0 Å². The number of piperidine rings is 2. The normalized spacial score (nSPS) is 22.9. The van der Waals surface area contributed by atoms with Crippen LogP contribution in [-0.4, -0.2) is 53.2 Å². The fraction of sp³-hybridized carbons (Fsp3) is 0.423. The number of hydrogen-bond donors (Lipinski definition) is 2.